The molecule has 0 spiro atoms. The summed E-state index contributed by atoms with van der Waals surface area (Å²) in [5.41, 5.74) is 10.1. The summed E-state index contributed by atoms with van der Waals surface area (Å²) < 4.78 is 19.0. The lowest BCUT2D eigenvalue weighted by Crippen LogP contribution is -2.08. The first-order chi connectivity index (χ1) is 9.47. The Morgan fingerprint density at radius 3 is 2.50 bits per heavy atom. The van der Waals surface area contributed by atoms with Crippen LogP contribution < -0.4 is 10.5 Å². The summed E-state index contributed by atoms with van der Waals surface area (Å²) in [7, 11) is 0. The van der Waals surface area contributed by atoms with Crippen molar-refractivity contribution in [2.75, 3.05) is 0 Å². The van der Waals surface area contributed by atoms with E-state index in [9.17, 15) is 4.39 Å². The fourth-order valence-corrected chi connectivity index (χ4v) is 2.06. The normalized spacial score (nSPS) is 12.2. The van der Waals surface area contributed by atoms with Crippen molar-refractivity contribution in [2.45, 2.75) is 33.4 Å². The van der Waals surface area contributed by atoms with Gasteiger partial charge in [0, 0.05) is 11.6 Å². The number of ether oxygens (including phenoxy) is 1. The lowest BCUT2D eigenvalue weighted by Gasteiger charge is -2.14. The summed E-state index contributed by atoms with van der Waals surface area (Å²) in [6.45, 7) is 6.42. The quantitative estimate of drug-likeness (QED) is 0.912. The van der Waals surface area contributed by atoms with Crippen LogP contribution in [0.2, 0.25) is 0 Å². The van der Waals surface area contributed by atoms with Gasteiger partial charge in [0.2, 0.25) is 0 Å². The van der Waals surface area contributed by atoms with E-state index in [2.05, 4.69) is 26.0 Å². The zero-order valence-corrected chi connectivity index (χ0v) is 12.1. The van der Waals surface area contributed by atoms with Crippen LogP contribution in [0.5, 0.6) is 5.75 Å². The van der Waals surface area contributed by atoms with Gasteiger partial charge in [-0.15, -0.1) is 0 Å². The molecule has 0 aromatic heterocycles. The molecule has 20 heavy (non-hydrogen) atoms. The van der Waals surface area contributed by atoms with Crippen molar-refractivity contribution in [1.29, 1.82) is 0 Å². The standard InChI is InChI=1S/C17H20FNO/c1-11-4-5-14(8-12(11)2)10-20-17-7-6-15(18)9-16(17)13(3)19/h4-9,13H,10,19H2,1-3H3/t13-/m1/s1. The van der Waals surface area contributed by atoms with Crippen LogP contribution in [-0.4, -0.2) is 0 Å². The minimum absolute atomic E-state index is 0.263. The molecule has 2 N–H and O–H groups in total. The molecule has 0 unspecified atom stereocenters. The van der Waals surface area contributed by atoms with E-state index in [1.54, 1.807) is 6.07 Å². The summed E-state index contributed by atoms with van der Waals surface area (Å²) in [5, 5.41) is 0. The molecule has 0 heterocycles. The van der Waals surface area contributed by atoms with Crippen molar-refractivity contribution >= 4 is 0 Å². The topological polar surface area (TPSA) is 35.2 Å². The number of hydrogen-bond acceptors (Lipinski definition) is 2. The Labute approximate surface area is 119 Å². The fourth-order valence-electron chi connectivity index (χ4n) is 2.06. The van der Waals surface area contributed by atoms with E-state index in [-0.39, 0.29) is 11.9 Å². The minimum Gasteiger partial charge on any atom is -0.489 e. The van der Waals surface area contributed by atoms with Gasteiger partial charge in [-0.1, -0.05) is 18.2 Å². The molecule has 0 fully saturated rings. The number of halogens is 1. The first-order valence-electron chi connectivity index (χ1n) is 6.71. The average Bonchev–Trinajstić information content (AvgIpc) is 2.41. The molecule has 2 nitrogen and oxygen atoms in total. The molecular formula is C17H20FNO. The largest absolute Gasteiger partial charge is 0.489 e. The monoisotopic (exact) mass is 273 g/mol. The molecule has 0 bridgehead atoms. The highest BCUT2D eigenvalue weighted by Gasteiger charge is 2.10. The van der Waals surface area contributed by atoms with Crippen molar-refractivity contribution in [3.8, 4) is 5.75 Å². The molecule has 0 saturated heterocycles. The molecule has 2 aromatic carbocycles. The molecule has 106 valence electrons. The average molecular weight is 273 g/mol. The third-order valence-corrected chi connectivity index (χ3v) is 3.43. The predicted octanol–water partition coefficient (Wildman–Crippen LogP) is 4.04. The van der Waals surface area contributed by atoms with Crippen LogP contribution >= 0.6 is 0 Å². The minimum atomic E-state index is -0.296. The molecule has 2 aromatic rings. The Kier molecular flexibility index (Phi) is 4.40. The summed E-state index contributed by atoms with van der Waals surface area (Å²) in [6, 6.07) is 10.4. The zero-order valence-electron chi connectivity index (χ0n) is 12.1. The molecule has 1 atom stereocenters. The second-order valence-corrected chi connectivity index (χ2v) is 5.18. The molecule has 0 radical (unpaired) electrons. The van der Waals surface area contributed by atoms with Crippen LogP contribution in [0.15, 0.2) is 36.4 Å². The van der Waals surface area contributed by atoms with Crippen LogP contribution in [0, 0.1) is 19.7 Å². The number of hydrogen-bond donors (Lipinski definition) is 1. The first-order valence-corrected chi connectivity index (χ1v) is 6.71. The van der Waals surface area contributed by atoms with E-state index in [0.29, 0.717) is 17.9 Å². The highest BCUT2D eigenvalue weighted by molar-refractivity contribution is 5.36. The molecular weight excluding hydrogens is 253 g/mol. The number of aryl methyl sites for hydroxylation is 2. The first kappa shape index (κ1) is 14.5. The molecule has 0 saturated carbocycles. The van der Waals surface area contributed by atoms with E-state index in [0.717, 1.165) is 5.56 Å². The van der Waals surface area contributed by atoms with E-state index >= 15 is 0 Å². The number of benzene rings is 2. The second kappa shape index (κ2) is 6.06. The zero-order chi connectivity index (χ0) is 14.7. The Morgan fingerprint density at radius 2 is 1.85 bits per heavy atom. The van der Waals surface area contributed by atoms with Crippen LogP contribution in [0.4, 0.5) is 4.39 Å². The van der Waals surface area contributed by atoms with Gasteiger partial charge in [-0.05, 0) is 55.7 Å². The van der Waals surface area contributed by atoms with Crippen molar-refractivity contribution in [3.05, 3.63) is 64.5 Å². The molecule has 0 amide bonds. The van der Waals surface area contributed by atoms with Crippen molar-refractivity contribution in [1.82, 2.24) is 0 Å². The molecule has 0 aliphatic carbocycles. The summed E-state index contributed by atoms with van der Waals surface area (Å²) in [4.78, 5) is 0. The van der Waals surface area contributed by atoms with Crippen molar-refractivity contribution < 1.29 is 9.13 Å². The third-order valence-electron chi connectivity index (χ3n) is 3.43. The SMILES string of the molecule is Cc1ccc(COc2ccc(F)cc2[C@@H](C)N)cc1C. The third kappa shape index (κ3) is 3.36. The predicted molar refractivity (Wildman–Crippen MR) is 79.3 cm³/mol. The number of nitrogens with two attached hydrogens (primary N) is 1. The molecule has 3 heteroatoms. The lowest BCUT2D eigenvalue weighted by molar-refractivity contribution is 0.301. The van der Waals surface area contributed by atoms with Crippen LogP contribution in [0.1, 0.15) is 35.2 Å². The van der Waals surface area contributed by atoms with Crippen LogP contribution in [0.25, 0.3) is 0 Å². The maximum absolute atomic E-state index is 13.3. The summed E-state index contributed by atoms with van der Waals surface area (Å²) >= 11 is 0. The Balaban J connectivity index is 2.16. The van der Waals surface area contributed by atoms with E-state index < -0.39 is 0 Å². The van der Waals surface area contributed by atoms with Crippen LogP contribution in [0.3, 0.4) is 0 Å². The van der Waals surface area contributed by atoms with Crippen LogP contribution in [-0.2, 0) is 6.61 Å². The lowest BCUT2D eigenvalue weighted by atomic mass is 10.1. The molecule has 2 rings (SSSR count). The maximum Gasteiger partial charge on any atom is 0.124 e. The van der Waals surface area contributed by atoms with E-state index in [4.69, 9.17) is 10.5 Å². The Hall–Kier alpha value is -1.87. The second-order valence-electron chi connectivity index (χ2n) is 5.18. The van der Waals surface area contributed by atoms with Gasteiger partial charge < -0.3 is 10.5 Å². The van der Waals surface area contributed by atoms with Gasteiger partial charge in [0.05, 0.1) is 0 Å². The van der Waals surface area contributed by atoms with E-state index in [1.807, 2.05) is 13.0 Å². The fraction of sp³-hybridized carbons (Fsp3) is 0.294. The Bertz CT molecular complexity index is 608. The van der Waals surface area contributed by atoms with Gasteiger partial charge in [-0.25, -0.2) is 4.39 Å². The van der Waals surface area contributed by atoms with Crippen molar-refractivity contribution in [3.63, 3.8) is 0 Å². The summed E-state index contributed by atoms with van der Waals surface area (Å²) in [6.07, 6.45) is 0. The van der Waals surface area contributed by atoms with Gasteiger partial charge in [0.1, 0.15) is 18.2 Å². The number of rotatable bonds is 4. The Morgan fingerprint density at radius 1 is 1.10 bits per heavy atom. The van der Waals surface area contributed by atoms with Gasteiger partial charge in [0.25, 0.3) is 0 Å². The van der Waals surface area contributed by atoms with Gasteiger partial charge in [0.15, 0.2) is 0 Å². The highest BCUT2D eigenvalue weighted by Crippen LogP contribution is 2.25. The smallest absolute Gasteiger partial charge is 0.124 e. The van der Waals surface area contributed by atoms with Gasteiger partial charge >= 0.3 is 0 Å². The van der Waals surface area contributed by atoms with Crippen molar-refractivity contribution in [2.24, 2.45) is 5.73 Å². The highest BCUT2D eigenvalue weighted by atomic mass is 19.1. The van der Waals surface area contributed by atoms with Gasteiger partial charge in [-0.2, -0.15) is 0 Å². The van der Waals surface area contributed by atoms with E-state index in [1.165, 1.54) is 23.3 Å². The molecule has 0 aliphatic heterocycles. The van der Waals surface area contributed by atoms with Gasteiger partial charge in [-0.3, -0.25) is 0 Å². The maximum atomic E-state index is 13.3. The summed E-state index contributed by atoms with van der Waals surface area (Å²) in [5.74, 6) is 0.343. The molecule has 0 aliphatic rings.